The van der Waals surface area contributed by atoms with Gasteiger partial charge in [-0.15, -0.1) is 0 Å². The lowest BCUT2D eigenvalue weighted by molar-refractivity contribution is -0.138. The Labute approximate surface area is 303 Å². The average Bonchev–Trinajstić information content (AvgIpc) is 3.72. The topological polar surface area (TPSA) is 153 Å². The van der Waals surface area contributed by atoms with Crippen LogP contribution >= 0.6 is 0 Å². The van der Waals surface area contributed by atoms with E-state index in [1.165, 1.54) is 10.6 Å². The normalized spacial score (nSPS) is 9.72. The number of hydrogen-bond donors (Lipinski definition) is 2. The van der Waals surface area contributed by atoms with Crippen molar-refractivity contribution >= 4 is 53.4 Å². The van der Waals surface area contributed by atoms with Crippen LogP contribution in [0, 0.1) is 0 Å². The smallest absolute Gasteiger partial charge is 0.323 e. The minimum Gasteiger partial charge on any atom is -0.480 e. The van der Waals surface area contributed by atoms with Crippen LogP contribution in [-0.2, 0) is 42.4 Å². The van der Waals surface area contributed by atoms with Crippen molar-refractivity contribution in [1.29, 1.82) is 0 Å². The van der Waals surface area contributed by atoms with Crippen molar-refractivity contribution in [2.75, 3.05) is 11.5 Å². The summed E-state index contributed by atoms with van der Waals surface area (Å²) in [5, 5.41) is 19.2. The van der Waals surface area contributed by atoms with Gasteiger partial charge in [-0.05, 0) is 60.7 Å². The van der Waals surface area contributed by atoms with E-state index in [0.29, 0.717) is 18.4 Å². The van der Waals surface area contributed by atoms with Gasteiger partial charge in [-0.3, -0.25) is 9.59 Å². The van der Waals surface area contributed by atoms with Crippen molar-refractivity contribution in [2.45, 2.75) is 133 Å². The van der Waals surface area contributed by atoms with Crippen molar-refractivity contribution < 1.29 is 36.6 Å². The average molecular weight is 743 g/mol. The number of benzene rings is 2. The molecule has 0 radical (unpaired) electrons. The third-order valence-electron chi connectivity index (χ3n) is 5.76. The van der Waals surface area contributed by atoms with Gasteiger partial charge in [0.15, 0.2) is 19.7 Å². The first-order valence-electron chi connectivity index (χ1n) is 17.9. The number of carboxylic acid groups (broad SMARTS) is 2. The maximum atomic E-state index is 12.0. The highest BCUT2D eigenvalue weighted by molar-refractivity contribution is 7.91. The van der Waals surface area contributed by atoms with Crippen molar-refractivity contribution in [1.82, 2.24) is 9.13 Å². The van der Waals surface area contributed by atoms with Crippen LogP contribution in [0.25, 0.3) is 21.8 Å². The van der Waals surface area contributed by atoms with Crippen LogP contribution in [0.5, 0.6) is 0 Å². The lowest BCUT2D eigenvalue weighted by Gasteiger charge is -2.05. The van der Waals surface area contributed by atoms with Crippen LogP contribution in [-0.4, -0.2) is 59.6 Å². The number of fused-ring (bicyclic) bond motifs is 2. The molecule has 0 saturated heterocycles. The molecule has 50 heavy (non-hydrogen) atoms. The zero-order valence-corrected chi connectivity index (χ0v) is 34.7. The number of carboxylic acids is 2. The number of carbonyl (C=O) groups is 2. The molecule has 288 valence electrons. The molecule has 0 aliphatic carbocycles. The maximum Gasteiger partial charge on any atom is 0.323 e. The summed E-state index contributed by atoms with van der Waals surface area (Å²) < 4.78 is 51.0. The summed E-state index contributed by atoms with van der Waals surface area (Å²) in [6, 6.07) is 13.1. The zero-order chi connectivity index (χ0) is 40.1. The van der Waals surface area contributed by atoms with E-state index in [4.69, 9.17) is 10.2 Å². The van der Waals surface area contributed by atoms with Gasteiger partial charge in [-0.1, -0.05) is 103 Å². The monoisotopic (exact) mass is 742 g/mol. The Bertz CT molecular complexity index is 1690. The molecule has 0 fully saturated rings. The van der Waals surface area contributed by atoms with Gasteiger partial charge in [0.25, 0.3) is 0 Å². The zero-order valence-electron chi connectivity index (χ0n) is 33.1. The number of sulfone groups is 2. The molecular weight excluding hydrogens is 677 g/mol. The van der Waals surface area contributed by atoms with E-state index in [1.54, 1.807) is 59.4 Å². The Morgan fingerprint density at radius 3 is 1.28 bits per heavy atom. The molecule has 0 saturated carbocycles. The second kappa shape index (κ2) is 30.2. The highest BCUT2D eigenvalue weighted by atomic mass is 32.2. The standard InChI is InChI=1S/2C13H15NO4S.6C2H6/c1-2-7-19(17,18)11-3-4-12-10(8-11)5-6-14(12)9-13(15)16;1-2-7-19(17,18)11-4-3-10-5-6-14(9-13(15)16)12(10)8-11;6*1-2/h2*3-6,8H,2,7,9H2,1H3,(H,15,16);6*1-2H3. The highest BCUT2D eigenvalue weighted by Crippen LogP contribution is 2.23. The lowest BCUT2D eigenvalue weighted by atomic mass is 10.2. The van der Waals surface area contributed by atoms with E-state index in [1.807, 2.05) is 96.9 Å². The third-order valence-corrected chi connectivity index (χ3v) is 9.60. The Morgan fingerprint density at radius 2 is 0.880 bits per heavy atom. The summed E-state index contributed by atoms with van der Waals surface area (Å²) in [5.41, 5.74) is 1.34. The third kappa shape index (κ3) is 17.8. The van der Waals surface area contributed by atoms with Crippen LogP contribution in [0.3, 0.4) is 0 Å². The van der Waals surface area contributed by atoms with Crippen molar-refractivity contribution in [2.24, 2.45) is 0 Å². The predicted molar refractivity (Wildman–Crippen MR) is 212 cm³/mol. The quantitative estimate of drug-likeness (QED) is 0.163. The van der Waals surface area contributed by atoms with Gasteiger partial charge in [0.05, 0.1) is 21.3 Å². The van der Waals surface area contributed by atoms with E-state index in [0.717, 1.165) is 16.3 Å². The number of rotatable bonds is 10. The fraction of sp³-hybridized carbons (Fsp3) is 0.526. The summed E-state index contributed by atoms with van der Waals surface area (Å²) in [4.78, 5) is 22.0. The van der Waals surface area contributed by atoms with Gasteiger partial charge < -0.3 is 19.3 Å². The highest BCUT2D eigenvalue weighted by Gasteiger charge is 2.16. The van der Waals surface area contributed by atoms with Crippen LogP contribution in [0.4, 0.5) is 0 Å². The molecule has 10 nitrogen and oxygen atoms in total. The molecule has 0 bridgehead atoms. The molecule has 4 rings (SSSR count). The van der Waals surface area contributed by atoms with E-state index in [2.05, 4.69) is 0 Å². The van der Waals surface area contributed by atoms with E-state index in [-0.39, 0.29) is 34.4 Å². The number of hydrogen-bond acceptors (Lipinski definition) is 6. The predicted octanol–water partition coefficient (Wildman–Crippen LogP) is 9.98. The van der Waals surface area contributed by atoms with E-state index in [9.17, 15) is 26.4 Å². The Kier molecular flexibility index (Phi) is 32.1. The molecule has 2 aromatic heterocycles. The van der Waals surface area contributed by atoms with Gasteiger partial charge in [0.2, 0.25) is 0 Å². The summed E-state index contributed by atoms with van der Waals surface area (Å²) in [6.45, 7) is 27.3. The minimum absolute atomic E-state index is 0.0954. The Morgan fingerprint density at radius 1 is 0.520 bits per heavy atom. The van der Waals surface area contributed by atoms with Gasteiger partial charge in [-0.2, -0.15) is 0 Å². The van der Waals surface area contributed by atoms with E-state index < -0.39 is 31.6 Å². The molecule has 2 aromatic carbocycles. The number of aliphatic carboxylic acids is 2. The van der Waals surface area contributed by atoms with Crippen LogP contribution < -0.4 is 0 Å². The molecular formula is C38H66N2O8S2. The van der Waals surface area contributed by atoms with Crippen molar-refractivity contribution in [3.05, 3.63) is 60.9 Å². The molecule has 2 N–H and O–H groups in total. The van der Waals surface area contributed by atoms with Gasteiger partial charge >= 0.3 is 11.9 Å². The molecule has 12 heteroatoms. The van der Waals surface area contributed by atoms with Gasteiger partial charge in [0, 0.05) is 28.8 Å². The maximum absolute atomic E-state index is 12.0. The molecule has 0 aliphatic rings. The molecule has 0 unspecified atom stereocenters. The molecule has 0 amide bonds. The summed E-state index contributed by atoms with van der Waals surface area (Å²) in [7, 11) is -6.53. The Hall–Kier alpha value is -3.64. The number of nitrogens with zero attached hydrogens (tertiary/aromatic N) is 2. The van der Waals surface area contributed by atoms with Crippen LogP contribution in [0.2, 0.25) is 0 Å². The molecule has 4 aromatic rings. The Balaban J connectivity index is -0.000000326. The SMILES string of the molecule is CC.CC.CC.CC.CC.CC.CCCS(=O)(=O)c1ccc2c(ccn2CC(=O)O)c1.CCCS(=O)(=O)c1ccc2ccn(CC(=O)O)c2c1. The first kappa shape index (κ1) is 53.2. The van der Waals surface area contributed by atoms with Gasteiger partial charge in [-0.25, -0.2) is 16.8 Å². The van der Waals surface area contributed by atoms with Gasteiger partial charge in [0.1, 0.15) is 13.1 Å². The summed E-state index contributed by atoms with van der Waals surface area (Å²) >= 11 is 0. The van der Waals surface area contributed by atoms with Crippen molar-refractivity contribution in [3.8, 4) is 0 Å². The fourth-order valence-corrected chi connectivity index (χ4v) is 6.76. The van der Waals surface area contributed by atoms with Crippen LogP contribution in [0.15, 0.2) is 70.7 Å². The summed E-state index contributed by atoms with van der Waals surface area (Å²) in [5.74, 6) is -1.67. The molecule has 2 heterocycles. The molecule has 0 atom stereocenters. The largest absolute Gasteiger partial charge is 0.480 e. The minimum atomic E-state index is -3.29. The lowest BCUT2D eigenvalue weighted by Crippen LogP contribution is -2.08. The second-order valence-corrected chi connectivity index (χ2v) is 13.0. The molecule has 0 aliphatic heterocycles. The molecule has 0 spiro atoms. The second-order valence-electron chi connectivity index (χ2n) is 8.75. The van der Waals surface area contributed by atoms with Crippen LogP contribution in [0.1, 0.15) is 110 Å². The first-order valence-corrected chi connectivity index (χ1v) is 21.2. The summed E-state index contributed by atoms with van der Waals surface area (Å²) in [6.07, 6.45) is 4.42. The van der Waals surface area contributed by atoms with E-state index >= 15 is 0 Å². The van der Waals surface area contributed by atoms with Crippen molar-refractivity contribution in [3.63, 3.8) is 0 Å². The first-order chi connectivity index (χ1) is 23.9. The number of aromatic nitrogens is 2. The fourth-order valence-electron chi connectivity index (χ4n) is 4.07.